The van der Waals surface area contributed by atoms with Crippen molar-refractivity contribution in [1.82, 2.24) is 19.3 Å². The van der Waals surface area contributed by atoms with Gasteiger partial charge >= 0.3 is 0 Å². The highest BCUT2D eigenvalue weighted by molar-refractivity contribution is 7.89. The van der Waals surface area contributed by atoms with Crippen LogP contribution in [0, 0.1) is 0 Å². The van der Waals surface area contributed by atoms with E-state index in [1.54, 1.807) is 24.3 Å². The molecule has 0 amide bonds. The van der Waals surface area contributed by atoms with Crippen molar-refractivity contribution >= 4 is 21.6 Å². The van der Waals surface area contributed by atoms with Crippen molar-refractivity contribution in [1.29, 1.82) is 0 Å². The first-order valence-corrected chi connectivity index (χ1v) is 10.6. The molecule has 1 aromatic heterocycles. The lowest BCUT2D eigenvalue weighted by Gasteiger charge is -2.36. The van der Waals surface area contributed by atoms with Crippen molar-refractivity contribution in [3.05, 3.63) is 41.0 Å². The van der Waals surface area contributed by atoms with E-state index in [0.29, 0.717) is 43.0 Å². The van der Waals surface area contributed by atoms with Gasteiger partial charge in [0.15, 0.2) is 5.82 Å². The maximum atomic E-state index is 12.8. The summed E-state index contributed by atoms with van der Waals surface area (Å²) in [5.74, 6) is 1.87. The molecule has 2 heterocycles. The van der Waals surface area contributed by atoms with Gasteiger partial charge in [-0.25, -0.2) is 8.42 Å². The van der Waals surface area contributed by atoms with E-state index in [1.807, 2.05) is 6.92 Å². The summed E-state index contributed by atoms with van der Waals surface area (Å²) in [7, 11) is -3.49. The summed E-state index contributed by atoms with van der Waals surface area (Å²) in [6.45, 7) is 4.12. The van der Waals surface area contributed by atoms with Gasteiger partial charge in [-0.05, 0) is 44.0 Å². The monoisotopic (exact) mass is 396 g/mol. The van der Waals surface area contributed by atoms with Crippen LogP contribution in [0.3, 0.4) is 0 Å². The zero-order valence-electron chi connectivity index (χ0n) is 14.5. The van der Waals surface area contributed by atoms with Crippen LogP contribution in [0.15, 0.2) is 33.7 Å². The van der Waals surface area contributed by atoms with Crippen LogP contribution in [0.2, 0.25) is 5.02 Å². The van der Waals surface area contributed by atoms with E-state index in [4.69, 9.17) is 16.1 Å². The van der Waals surface area contributed by atoms with E-state index in [-0.39, 0.29) is 10.9 Å². The smallest absolute Gasteiger partial charge is 0.243 e. The lowest BCUT2D eigenvalue weighted by Crippen LogP contribution is -2.49. The molecule has 1 aliphatic carbocycles. The Balaban J connectivity index is 1.40. The van der Waals surface area contributed by atoms with Gasteiger partial charge in [0.1, 0.15) is 0 Å². The molecular weight excluding hydrogens is 376 g/mol. The largest absolute Gasteiger partial charge is 0.338 e. The van der Waals surface area contributed by atoms with Crippen LogP contribution in [0.1, 0.15) is 43.4 Å². The predicted molar refractivity (Wildman–Crippen MR) is 96.5 cm³/mol. The van der Waals surface area contributed by atoms with Crippen LogP contribution in [0.25, 0.3) is 0 Å². The summed E-state index contributed by atoms with van der Waals surface area (Å²) in [6, 6.07) is 6.27. The lowest BCUT2D eigenvalue weighted by atomic mass is 10.2. The highest BCUT2D eigenvalue weighted by Crippen LogP contribution is 2.38. The molecule has 4 rings (SSSR count). The molecule has 140 valence electrons. The molecule has 0 N–H and O–H groups in total. The number of hydrogen-bond donors (Lipinski definition) is 0. The second kappa shape index (κ2) is 6.92. The Kier molecular flexibility index (Phi) is 4.77. The number of hydrogen-bond acceptors (Lipinski definition) is 6. The van der Waals surface area contributed by atoms with Gasteiger partial charge in [-0.3, -0.25) is 4.90 Å². The van der Waals surface area contributed by atoms with Crippen LogP contribution >= 0.6 is 11.6 Å². The van der Waals surface area contributed by atoms with E-state index < -0.39 is 10.0 Å². The number of benzene rings is 1. The molecule has 2 aliphatic rings. The third kappa shape index (κ3) is 3.51. The summed E-state index contributed by atoms with van der Waals surface area (Å²) in [5.41, 5.74) is 0. The minimum atomic E-state index is -3.49. The zero-order valence-corrected chi connectivity index (χ0v) is 16.1. The molecule has 1 unspecified atom stereocenters. The third-order valence-corrected chi connectivity index (χ3v) is 7.19. The summed E-state index contributed by atoms with van der Waals surface area (Å²) in [5, 5.41) is 4.59. The molecule has 1 saturated carbocycles. The molecule has 1 aliphatic heterocycles. The van der Waals surface area contributed by atoms with Crippen molar-refractivity contribution < 1.29 is 12.9 Å². The molecule has 2 aromatic rings. The van der Waals surface area contributed by atoms with E-state index >= 15 is 0 Å². The fourth-order valence-corrected chi connectivity index (χ4v) is 4.72. The number of nitrogens with zero attached hydrogens (tertiary/aromatic N) is 4. The summed E-state index contributed by atoms with van der Waals surface area (Å²) >= 11 is 5.85. The molecule has 7 nitrogen and oxygen atoms in total. The van der Waals surface area contributed by atoms with Crippen LogP contribution in [-0.4, -0.2) is 53.9 Å². The Bertz CT molecular complexity index is 872. The van der Waals surface area contributed by atoms with E-state index in [1.165, 1.54) is 4.31 Å². The number of piperazine rings is 1. The molecule has 2 fully saturated rings. The highest BCUT2D eigenvalue weighted by atomic mass is 35.5. The fourth-order valence-electron chi connectivity index (χ4n) is 3.17. The van der Waals surface area contributed by atoms with Gasteiger partial charge < -0.3 is 4.52 Å². The van der Waals surface area contributed by atoms with Crippen molar-refractivity contribution in [2.45, 2.75) is 36.6 Å². The quantitative estimate of drug-likeness (QED) is 0.773. The SMILES string of the molecule is CC(c1nc(C2CC2)no1)N1CCN(S(=O)(=O)c2ccc(Cl)cc2)CC1. The zero-order chi connectivity index (χ0) is 18.3. The second-order valence-electron chi connectivity index (χ2n) is 6.84. The molecular formula is C17H21ClN4O3S. The Morgan fingerprint density at radius 2 is 1.81 bits per heavy atom. The van der Waals surface area contributed by atoms with Crippen molar-refractivity contribution in [3.63, 3.8) is 0 Å². The van der Waals surface area contributed by atoms with Crippen molar-refractivity contribution in [2.75, 3.05) is 26.2 Å². The maximum Gasteiger partial charge on any atom is 0.243 e. The average Bonchev–Trinajstić information content (AvgIpc) is 3.38. The van der Waals surface area contributed by atoms with Crippen molar-refractivity contribution in [2.24, 2.45) is 0 Å². The molecule has 9 heteroatoms. The third-order valence-electron chi connectivity index (χ3n) is 5.03. The number of halogens is 1. The van der Waals surface area contributed by atoms with Gasteiger partial charge in [-0.1, -0.05) is 16.8 Å². The Labute approximate surface area is 158 Å². The minimum Gasteiger partial charge on any atom is -0.338 e. The number of rotatable bonds is 5. The van der Waals surface area contributed by atoms with Gasteiger partial charge in [0, 0.05) is 37.1 Å². The molecule has 26 heavy (non-hydrogen) atoms. The maximum absolute atomic E-state index is 12.8. The van der Waals surface area contributed by atoms with Crippen molar-refractivity contribution in [3.8, 4) is 0 Å². The molecule has 1 aromatic carbocycles. The van der Waals surface area contributed by atoms with Crippen LogP contribution < -0.4 is 0 Å². The molecule has 0 radical (unpaired) electrons. The van der Waals surface area contributed by atoms with Crippen LogP contribution in [0.5, 0.6) is 0 Å². The van der Waals surface area contributed by atoms with Gasteiger partial charge in [0.25, 0.3) is 0 Å². The highest BCUT2D eigenvalue weighted by Gasteiger charge is 2.33. The second-order valence-corrected chi connectivity index (χ2v) is 9.21. The average molecular weight is 397 g/mol. The Morgan fingerprint density at radius 1 is 1.15 bits per heavy atom. The van der Waals surface area contributed by atoms with Crippen LogP contribution in [0.4, 0.5) is 0 Å². The fraction of sp³-hybridized carbons (Fsp3) is 0.529. The minimum absolute atomic E-state index is 0.0182. The lowest BCUT2D eigenvalue weighted by molar-refractivity contribution is 0.124. The standard InChI is InChI=1S/C17H21ClN4O3S/c1-12(17-19-16(20-25-17)13-2-3-13)21-8-10-22(11-9-21)26(23,24)15-6-4-14(18)5-7-15/h4-7,12-13H,2-3,8-11H2,1H3. The Hall–Kier alpha value is -1.48. The Morgan fingerprint density at radius 3 is 2.42 bits per heavy atom. The van der Waals surface area contributed by atoms with Gasteiger partial charge in [0.2, 0.25) is 15.9 Å². The van der Waals surface area contributed by atoms with E-state index in [2.05, 4.69) is 15.0 Å². The summed E-state index contributed by atoms with van der Waals surface area (Å²) < 4.78 is 32.4. The molecule has 0 bridgehead atoms. The normalized spacial score (nSPS) is 21.0. The first-order chi connectivity index (χ1) is 12.4. The van der Waals surface area contributed by atoms with Gasteiger partial charge in [-0.2, -0.15) is 9.29 Å². The van der Waals surface area contributed by atoms with Gasteiger partial charge in [-0.15, -0.1) is 0 Å². The predicted octanol–water partition coefficient (Wildman–Crippen LogP) is 2.67. The van der Waals surface area contributed by atoms with Crippen LogP contribution in [-0.2, 0) is 10.0 Å². The molecule has 0 spiro atoms. The first kappa shape index (κ1) is 17.9. The number of aromatic nitrogens is 2. The van der Waals surface area contributed by atoms with E-state index in [9.17, 15) is 8.42 Å². The molecule has 1 atom stereocenters. The first-order valence-electron chi connectivity index (χ1n) is 8.78. The molecule has 1 saturated heterocycles. The summed E-state index contributed by atoms with van der Waals surface area (Å²) in [4.78, 5) is 6.96. The topological polar surface area (TPSA) is 79.5 Å². The number of sulfonamides is 1. The van der Waals surface area contributed by atoms with E-state index in [0.717, 1.165) is 18.7 Å². The summed E-state index contributed by atoms with van der Waals surface area (Å²) in [6.07, 6.45) is 2.27. The van der Waals surface area contributed by atoms with Gasteiger partial charge in [0.05, 0.1) is 10.9 Å².